The van der Waals surface area contributed by atoms with E-state index in [1.807, 2.05) is 0 Å². The highest BCUT2D eigenvalue weighted by Gasteiger charge is 2.23. The third-order valence-corrected chi connectivity index (χ3v) is 6.67. The third kappa shape index (κ3) is 7.15. The van der Waals surface area contributed by atoms with Gasteiger partial charge in [-0.05, 0) is 73.5 Å². The van der Waals surface area contributed by atoms with E-state index in [-0.39, 0.29) is 0 Å². The van der Waals surface area contributed by atoms with Crippen LogP contribution in [0.15, 0.2) is 36.4 Å². The molecule has 1 atom stereocenters. The first-order valence-corrected chi connectivity index (χ1v) is 13.5. The van der Waals surface area contributed by atoms with E-state index in [1.54, 1.807) is 18.4 Å². The van der Waals surface area contributed by atoms with E-state index in [9.17, 15) is 8.42 Å². The van der Waals surface area contributed by atoms with Crippen molar-refractivity contribution in [2.75, 3.05) is 33.5 Å². The molecular formula is C23H29ClN2O4S2. The summed E-state index contributed by atoms with van der Waals surface area (Å²) in [5.41, 5.74) is 5.24. The number of fused-ring (bicyclic) bond motifs is 2. The van der Waals surface area contributed by atoms with E-state index < -0.39 is 10.1 Å². The lowest BCUT2D eigenvalue weighted by Gasteiger charge is -2.30. The van der Waals surface area contributed by atoms with Gasteiger partial charge in [0.15, 0.2) is 4.47 Å². The minimum Gasteiger partial charge on any atom is -0.496 e. The molecule has 6 nitrogen and oxygen atoms in total. The summed E-state index contributed by atoms with van der Waals surface area (Å²) in [5.74, 6) is 1.65. The van der Waals surface area contributed by atoms with Crippen molar-refractivity contribution in [3.8, 4) is 5.75 Å². The van der Waals surface area contributed by atoms with Gasteiger partial charge >= 0.3 is 0 Å². The predicted molar refractivity (Wildman–Crippen MR) is 132 cm³/mol. The van der Waals surface area contributed by atoms with Crippen molar-refractivity contribution in [1.29, 1.82) is 0 Å². The van der Waals surface area contributed by atoms with Crippen LogP contribution in [0.3, 0.4) is 0 Å². The Kier molecular flexibility index (Phi) is 8.52. The van der Waals surface area contributed by atoms with E-state index in [4.69, 9.17) is 20.9 Å². The molecular weight excluding hydrogens is 468 g/mol. The minimum atomic E-state index is -3.67. The van der Waals surface area contributed by atoms with Crippen LogP contribution in [0.25, 0.3) is 10.2 Å². The summed E-state index contributed by atoms with van der Waals surface area (Å²) in [6, 6.07) is 13.0. The molecule has 0 radical (unpaired) electrons. The second-order valence-corrected chi connectivity index (χ2v) is 11.2. The number of rotatable bonds is 6. The quantitative estimate of drug-likeness (QED) is 0.480. The molecule has 1 N–H and O–H groups in total. The molecule has 174 valence electrons. The van der Waals surface area contributed by atoms with Crippen LogP contribution in [-0.4, -0.2) is 56.4 Å². The second kappa shape index (κ2) is 10.9. The van der Waals surface area contributed by atoms with E-state index in [0.29, 0.717) is 16.6 Å². The Bertz CT molecular complexity index is 1160. The van der Waals surface area contributed by atoms with Crippen LogP contribution in [-0.2, 0) is 23.0 Å². The molecule has 1 unspecified atom stereocenters. The number of thiazole rings is 1. The van der Waals surface area contributed by atoms with Gasteiger partial charge < -0.3 is 9.64 Å². The van der Waals surface area contributed by atoms with E-state index in [0.717, 1.165) is 37.2 Å². The minimum absolute atomic E-state index is 0.594. The molecule has 4 rings (SSSR count). The number of halogens is 1. The van der Waals surface area contributed by atoms with E-state index >= 15 is 0 Å². The zero-order chi connectivity index (χ0) is 23.3. The molecule has 32 heavy (non-hydrogen) atoms. The number of likely N-dealkylation sites (N-methyl/N-ethyl adjacent to an activating group) is 1. The number of benzene rings is 2. The molecule has 0 saturated heterocycles. The Morgan fingerprint density at radius 1 is 1.31 bits per heavy atom. The van der Waals surface area contributed by atoms with Crippen LogP contribution in [0, 0.1) is 0 Å². The highest BCUT2D eigenvalue weighted by Crippen LogP contribution is 2.37. The van der Waals surface area contributed by atoms with Gasteiger partial charge in [-0.1, -0.05) is 29.8 Å². The average Bonchev–Trinajstić information content (AvgIpc) is 3.10. The van der Waals surface area contributed by atoms with Gasteiger partial charge in [-0.2, -0.15) is 8.42 Å². The smallest absolute Gasteiger partial charge is 0.261 e. The van der Waals surface area contributed by atoms with E-state index in [1.165, 1.54) is 34.2 Å². The van der Waals surface area contributed by atoms with Crippen LogP contribution in [0.4, 0.5) is 0 Å². The zero-order valence-electron chi connectivity index (χ0n) is 18.5. The Balaban J connectivity index is 0.000000523. The Hall–Kier alpha value is -1.71. The molecule has 1 heterocycles. The molecule has 0 amide bonds. The Morgan fingerprint density at radius 3 is 2.78 bits per heavy atom. The fraction of sp³-hybridized carbons (Fsp3) is 0.435. The van der Waals surface area contributed by atoms with Crippen molar-refractivity contribution >= 4 is 43.3 Å². The topological polar surface area (TPSA) is 79.7 Å². The molecule has 0 fully saturated rings. The summed E-state index contributed by atoms with van der Waals surface area (Å²) in [5, 5.41) is 0. The summed E-state index contributed by atoms with van der Waals surface area (Å²) < 4.78 is 33.2. The summed E-state index contributed by atoms with van der Waals surface area (Å²) in [4.78, 5) is 6.79. The molecule has 9 heteroatoms. The predicted octanol–water partition coefficient (Wildman–Crippen LogP) is 5.06. The van der Waals surface area contributed by atoms with Crippen molar-refractivity contribution in [3.63, 3.8) is 0 Å². The highest BCUT2D eigenvalue weighted by atomic mass is 35.5. The van der Waals surface area contributed by atoms with Gasteiger partial charge in [0, 0.05) is 13.1 Å². The van der Waals surface area contributed by atoms with Gasteiger partial charge in [0.1, 0.15) is 5.75 Å². The summed E-state index contributed by atoms with van der Waals surface area (Å²) in [7, 11) is 0.342. The number of methoxy groups -OCH3 is 1. The maximum Gasteiger partial charge on any atom is 0.261 e. The van der Waals surface area contributed by atoms with Crippen molar-refractivity contribution < 1.29 is 17.7 Å². The fourth-order valence-electron chi connectivity index (χ4n) is 4.18. The van der Waals surface area contributed by atoms with Crippen LogP contribution in [0.2, 0.25) is 4.47 Å². The lowest BCUT2D eigenvalue weighted by atomic mass is 9.82. The number of ether oxygens (including phenoxy) is 1. The maximum atomic E-state index is 9.19. The number of hydrogen-bond acceptors (Lipinski definition) is 6. The number of nitrogens with zero attached hydrogens (tertiary/aromatic N) is 2. The SMILES string of the molecule is COc1cccc2c1CCCC2CN(C)CCc1ccc2nc(Cl)sc2c1.CS(=O)(=O)O. The van der Waals surface area contributed by atoms with Gasteiger partial charge in [0.2, 0.25) is 0 Å². The first-order chi connectivity index (χ1) is 15.1. The van der Waals surface area contributed by atoms with Crippen LogP contribution < -0.4 is 4.74 Å². The molecule has 0 spiro atoms. The molecule has 2 aromatic carbocycles. The average molecular weight is 497 g/mol. The molecule has 0 bridgehead atoms. The van der Waals surface area contributed by atoms with Crippen molar-refractivity contribution in [2.45, 2.75) is 31.6 Å². The van der Waals surface area contributed by atoms with E-state index in [2.05, 4.69) is 53.3 Å². The molecule has 0 aliphatic heterocycles. The maximum absolute atomic E-state index is 9.19. The molecule has 1 aliphatic rings. The molecule has 0 saturated carbocycles. The highest BCUT2D eigenvalue weighted by molar-refractivity contribution is 7.85. The zero-order valence-corrected chi connectivity index (χ0v) is 20.9. The molecule has 1 aliphatic carbocycles. The molecule has 3 aromatic rings. The van der Waals surface area contributed by atoms with Crippen LogP contribution in [0.1, 0.15) is 35.4 Å². The summed E-state index contributed by atoms with van der Waals surface area (Å²) in [6.07, 6.45) is 5.40. The monoisotopic (exact) mass is 496 g/mol. The van der Waals surface area contributed by atoms with Gasteiger partial charge in [0.05, 0.1) is 23.6 Å². The normalized spacial score (nSPS) is 15.9. The lowest BCUT2D eigenvalue weighted by molar-refractivity contribution is 0.299. The number of aromatic nitrogens is 1. The van der Waals surface area contributed by atoms with Crippen molar-refractivity contribution in [2.24, 2.45) is 0 Å². The van der Waals surface area contributed by atoms with Gasteiger partial charge in [-0.25, -0.2) is 4.98 Å². The Morgan fingerprint density at radius 2 is 2.06 bits per heavy atom. The summed E-state index contributed by atoms with van der Waals surface area (Å²) >= 11 is 7.58. The fourth-order valence-corrected chi connectivity index (χ4v) is 5.27. The van der Waals surface area contributed by atoms with Gasteiger partial charge in [0.25, 0.3) is 10.1 Å². The largest absolute Gasteiger partial charge is 0.496 e. The third-order valence-electron chi connectivity index (χ3n) is 5.55. The van der Waals surface area contributed by atoms with Gasteiger partial charge in [-0.15, -0.1) is 11.3 Å². The van der Waals surface area contributed by atoms with Crippen molar-refractivity contribution in [1.82, 2.24) is 9.88 Å². The lowest BCUT2D eigenvalue weighted by Crippen LogP contribution is -2.28. The molecule has 1 aromatic heterocycles. The Labute approximate surface area is 198 Å². The first-order valence-electron chi connectivity index (χ1n) is 10.5. The second-order valence-electron chi connectivity index (χ2n) is 8.13. The summed E-state index contributed by atoms with van der Waals surface area (Å²) in [6.45, 7) is 2.14. The number of hydrogen-bond donors (Lipinski definition) is 1. The standard InChI is InChI=1S/C22H25ClN2OS.CH4O3S/c1-25(12-11-15-9-10-19-21(13-15)27-22(23)24-19)14-16-5-3-7-18-17(16)6-4-8-20(18)26-2;1-5(2,3)4/h4,6,8-10,13,16H,3,5,7,11-12,14H2,1-2H3;1H3,(H,2,3,4). The first kappa shape index (κ1) is 24.9. The van der Waals surface area contributed by atoms with Crippen LogP contribution in [0.5, 0.6) is 5.75 Å². The van der Waals surface area contributed by atoms with Crippen molar-refractivity contribution in [3.05, 3.63) is 57.6 Å². The van der Waals surface area contributed by atoms with Crippen LogP contribution >= 0.6 is 22.9 Å². The van der Waals surface area contributed by atoms with Gasteiger partial charge in [-0.3, -0.25) is 4.55 Å².